The number of aryl methyl sites for hydroxylation is 1. The Morgan fingerprint density at radius 3 is 2.35 bits per heavy atom. The summed E-state index contributed by atoms with van der Waals surface area (Å²) in [5.41, 5.74) is 1.76. The zero-order valence-corrected chi connectivity index (χ0v) is 25.0. The average Bonchev–Trinajstić information content (AvgIpc) is 3.46. The number of ether oxygens (including phenoxy) is 4. The van der Waals surface area contributed by atoms with Crippen LogP contribution in [0.4, 0.5) is 10.1 Å². The Hall–Kier alpha value is -3.36. The van der Waals surface area contributed by atoms with Gasteiger partial charge < -0.3 is 24.3 Å². The topological polar surface area (TPSA) is 138 Å². The van der Waals surface area contributed by atoms with Gasteiger partial charge in [-0.05, 0) is 50.3 Å². The van der Waals surface area contributed by atoms with Crippen LogP contribution in [0.15, 0.2) is 16.5 Å². The van der Waals surface area contributed by atoms with Gasteiger partial charge in [0.15, 0.2) is 15.8 Å². The molecule has 2 heterocycles. The van der Waals surface area contributed by atoms with Crippen molar-refractivity contribution in [3.63, 3.8) is 0 Å². The van der Waals surface area contributed by atoms with Crippen LogP contribution in [0.2, 0.25) is 0 Å². The molecule has 0 spiro atoms. The Labute approximate surface area is 243 Å². The van der Waals surface area contributed by atoms with Crippen LogP contribution in [0.5, 0.6) is 17.2 Å². The number of benzene rings is 1. The van der Waals surface area contributed by atoms with Crippen molar-refractivity contribution >= 4 is 62.4 Å². The fourth-order valence-electron chi connectivity index (χ4n) is 4.24. The number of carbonyl (C=O) groups is 3. The second-order valence-corrected chi connectivity index (χ2v) is 11.9. The number of aromatic nitrogens is 2. The lowest BCUT2D eigenvalue weighted by Gasteiger charge is -2.13. The summed E-state index contributed by atoms with van der Waals surface area (Å²) < 4.78 is 21.7. The SMILES string of the molecule is CCOC(=O)c1c(NC(=O)CSc2nnc(NC(=O)c3cc(OC)c(OC)c(OC)c3)s2)sc2c1CCCCC2. The Morgan fingerprint density at radius 1 is 0.950 bits per heavy atom. The van der Waals surface area contributed by atoms with Crippen LogP contribution in [-0.2, 0) is 22.4 Å². The number of hydrogen-bond donors (Lipinski definition) is 2. The molecule has 40 heavy (non-hydrogen) atoms. The van der Waals surface area contributed by atoms with E-state index in [4.69, 9.17) is 18.9 Å². The molecule has 4 rings (SSSR count). The van der Waals surface area contributed by atoms with Crippen molar-refractivity contribution in [3.05, 3.63) is 33.7 Å². The fraction of sp³-hybridized carbons (Fsp3) is 0.423. The second kappa shape index (κ2) is 13.8. The molecule has 1 aliphatic carbocycles. The lowest BCUT2D eigenvalue weighted by Crippen LogP contribution is -2.16. The summed E-state index contributed by atoms with van der Waals surface area (Å²) in [6.07, 6.45) is 4.89. The number of nitrogens with zero attached hydrogens (tertiary/aromatic N) is 2. The maximum atomic E-state index is 12.8. The molecule has 0 fully saturated rings. The van der Waals surface area contributed by atoms with E-state index < -0.39 is 11.9 Å². The number of thiophene rings is 1. The van der Waals surface area contributed by atoms with Gasteiger partial charge in [-0.15, -0.1) is 21.5 Å². The Morgan fingerprint density at radius 2 is 1.68 bits per heavy atom. The van der Waals surface area contributed by atoms with E-state index >= 15 is 0 Å². The lowest BCUT2D eigenvalue weighted by atomic mass is 10.1. The highest BCUT2D eigenvalue weighted by Crippen LogP contribution is 2.39. The monoisotopic (exact) mass is 606 g/mol. The average molecular weight is 607 g/mol. The van der Waals surface area contributed by atoms with E-state index in [-0.39, 0.29) is 29.0 Å². The molecule has 2 aromatic heterocycles. The lowest BCUT2D eigenvalue weighted by molar-refractivity contribution is -0.113. The van der Waals surface area contributed by atoms with E-state index in [0.29, 0.717) is 32.2 Å². The van der Waals surface area contributed by atoms with E-state index in [1.165, 1.54) is 56.6 Å². The van der Waals surface area contributed by atoms with Crippen molar-refractivity contribution in [2.24, 2.45) is 0 Å². The quantitative estimate of drug-likeness (QED) is 0.132. The molecule has 14 heteroatoms. The Balaban J connectivity index is 1.39. The zero-order valence-electron chi connectivity index (χ0n) is 22.6. The summed E-state index contributed by atoms with van der Waals surface area (Å²) in [6.45, 7) is 2.03. The van der Waals surface area contributed by atoms with Gasteiger partial charge >= 0.3 is 5.97 Å². The third-order valence-corrected chi connectivity index (χ3v) is 9.21. The van der Waals surface area contributed by atoms with Gasteiger partial charge in [-0.3, -0.25) is 14.9 Å². The molecule has 11 nitrogen and oxygen atoms in total. The molecule has 3 aromatic rings. The van der Waals surface area contributed by atoms with Crippen LogP contribution in [0, 0.1) is 0 Å². The number of esters is 1. The smallest absolute Gasteiger partial charge is 0.341 e. The number of fused-ring (bicyclic) bond motifs is 1. The molecule has 0 radical (unpaired) electrons. The second-order valence-electron chi connectivity index (χ2n) is 8.57. The maximum Gasteiger partial charge on any atom is 0.341 e. The molecule has 1 aliphatic rings. The van der Waals surface area contributed by atoms with Crippen LogP contribution in [0.1, 0.15) is 57.3 Å². The molecule has 2 N–H and O–H groups in total. The third kappa shape index (κ3) is 6.85. The molecular weight excluding hydrogens is 577 g/mol. The van der Waals surface area contributed by atoms with Gasteiger partial charge in [-0.1, -0.05) is 29.5 Å². The zero-order chi connectivity index (χ0) is 28.6. The Bertz CT molecular complexity index is 1360. The minimum Gasteiger partial charge on any atom is -0.493 e. The molecule has 2 amide bonds. The number of thioether (sulfide) groups is 1. The maximum absolute atomic E-state index is 12.8. The molecule has 0 unspecified atom stereocenters. The van der Waals surface area contributed by atoms with E-state index in [2.05, 4.69) is 20.8 Å². The molecule has 0 bridgehead atoms. The highest BCUT2D eigenvalue weighted by molar-refractivity contribution is 8.01. The molecule has 0 saturated carbocycles. The van der Waals surface area contributed by atoms with Gasteiger partial charge in [0.2, 0.25) is 16.8 Å². The van der Waals surface area contributed by atoms with Crippen molar-refractivity contribution in [2.75, 3.05) is 44.3 Å². The summed E-state index contributed by atoms with van der Waals surface area (Å²) in [5.74, 6) is 0.0159. The van der Waals surface area contributed by atoms with E-state index in [1.54, 1.807) is 6.92 Å². The van der Waals surface area contributed by atoms with Crippen LogP contribution < -0.4 is 24.8 Å². The van der Waals surface area contributed by atoms with Crippen LogP contribution >= 0.6 is 34.4 Å². The predicted molar refractivity (Wildman–Crippen MR) is 155 cm³/mol. The summed E-state index contributed by atoms with van der Waals surface area (Å²) >= 11 is 3.78. The highest BCUT2D eigenvalue weighted by atomic mass is 32.2. The van der Waals surface area contributed by atoms with Crippen LogP contribution in [0.3, 0.4) is 0 Å². The fourth-order valence-corrected chi connectivity index (χ4v) is 7.08. The van der Waals surface area contributed by atoms with Crippen molar-refractivity contribution < 1.29 is 33.3 Å². The number of hydrogen-bond acceptors (Lipinski definition) is 12. The molecule has 0 saturated heterocycles. The van der Waals surface area contributed by atoms with E-state index in [1.807, 2.05) is 0 Å². The van der Waals surface area contributed by atoms with Crippen molar-refractivity contribution in [3.8, 4) is 17.2 Å². The third-order valence-electron chi connectivity index (χ3n) is 6.03. The number of anilines is 2. The first kappa shape index (κ1) is 29.6. The van der Waals surface area contributed by atoms with Gasteiger partial charge in [-0.25, -0.2) is 4.79 Å². The van der Waals surface area contributed by atoms with Gasteiger partial charge in [-0.2, -0.15) is 0 Å². The van der Waals surface area contributed by atoms with E-state index in [0.717, 1.165) is 53.9 Å². The number of carbonyl (C=O) groups excluding carboxylic acids is 3. The largest absolute Gasteiger partial charge is 0.493 e. The molecular formula is C26H30N4O7S3. The van der Waals surface area contributed by atoms with Crippen molar-refractivity contribution in [2.45, 2.75) is 43.4 Å². The van der Waals surface area contributed by atoms with Crippen LogP contribution in [-0.4, -0.2) is 61.7 Å². The summed E-state index contributed by atoms with van der Waals surface area (Å²) in [6, 6.07) is 3.07. The van der Waals surface area contributed by atoms with Gasteiger partial charge in [0, 0.05) is 10.4 Å². The molecule has 0 aliphatic heterocycles. The summed E-state index contributed by atoms with van der Waals surface area (Å²) in [7, 11) is 4.42. The number of nitrogens with one attached hydrogen (secondary N) is 2. The molecule has 1 aromatic carbocycles. The van der Waals surface area contributed by atoms with Crippen molar-refractivity contribution in [1.82, 2.24) is 10.2 Å². The first-order valence-corrected chi connectivity index (χ1v) is 15.2. The van der Waals surface area contributed by atoms with Crippen molar-refractivity contribution in [1.29, 1.82) is 0 Å². The van der Waals surface area contributed by atoms with Gasteiger partial charge in [0.1, 0.15) is 5.00 Å². The summed E-state index contributed by atoms with van der Waals surface area (Å²) in [4.78, 5) is 39.5. The predicted octanol–water partition coefficient (Wildman–Crippen LogP) is 5.05. The number of rotatable bonds is 11. The molecule has 0 atom stereocenters. The number of methoxy groups -OCH3 is 3. The number of amides is 2. The van der Waals surface area contributed by atoms with E-state index in [9.17, 15) is 14.4 Å². The summed E-state index contributed by atoms with van der Waals surface area (Å²) in [5, 5.41) is 14.5. The standard InChI is InChI=1S/C26H30N4O7S3/c1-5-37-24(33)20-15-9-7-6-8-10-18(15)39-23(20)27-19(31)13-38-26-30-29-25(40-26)28-22(32)14-11-16(34-2)21(36-4)17(12-14)35-3/h11-12H,5-10,13H2,1-4H3,(H,27,31)(H,28,29,32). The minimum atomic E-state index is -0.436. The van der Waals surface area contributed by atoms with Gasteiger partial charge in [0.25, 0.3) is 5.91 Å². The normalized spacial score (nSPS) is 12.6. The van der Waals surface area contributed by atoms with Gasteiger partial charge in [0.05, 0.1) is 39.3 Å². The minimum absolute atomic E-state index is 0.0558. The Kier molecular flexibility index (Phi) is 10.2. The first-order chi connectivity index (χ1) is 19.4. The van der Waals surface area contributed by atoms with Crippen LogP contribution in [0.25, 0.3) is 0 Å². The first-order valence-electron chi connectivity index (χ1n) is 12.6. The highest BCUT2D eigenvalue weighted by Gasteiger charge is 2.27. The molecule has 214 valence electrons.